The van der Waals surface area contributed by atoms with Gasteiger partial charge in [-0.1, -0.05) is 30.3 Å². The highest BCUT2D eigenvalue weighted by Gasteiger charge is 2.17. The third-order valence-electron chi connectivity index (χ3n) is 1.48. The van der Waals surface area contributed by atoms with Crippen LogP contribution in [-0.4, -0.2) is 12.1 Å². The van der Waals surface area contributed by atoms with Crippen LogP contribution in [0.4, 0.5) is 0 Å². The maximum Gasteiger partial charge on any atom is 0.231 e. The molecule has 0 saturated carbocycles. The van der Waals surface area contributed by atoms with E-state index in [-0.39, 0.29) is 6.29 Å². The quantitative estimate of drug-likeness (QED) is 0.491. The average Bonchev–Trinajstić information content (AvgIpc) is 2.17. The van der Waals surface area contributed by atoms with E-state index >= 15 is 0 Å². The zero-order chi connectivity index (χ0) is 8.97. The second-order valence-corrected chi connectivity index (χ2v) is 2.31. The molecule has 0 aliphatic heterocycles. The summed E-state index contributed by atoms with van der Waals surface area (Å²) in [6.45, 7) is 0. The Labute approximate surface area is 69.6 Å². The molecule has 0 amide bonds. The number of carbonyl (C=O) groups excluding carboxylic acids is 2. The zero-order valence-electron chi connectivity index (χ0n) is 6.27. The lowest BCUT2D eigenvalue weighted by atomic mass is 10.1. The first-order chi connectivity index (χ1) is 5.75. The zero-order valence-corrected chi connectivity index (χ0v) is 6.27. The fourth-order valence-corrected chi connectivity index (χ4v) is 0.854. The van der Waals surface area contributed by atoms with Gasteiger partial charge in [0.2, 0.25) is 5.78 Å². The summed E-state index contributed by atoms with van der Waals surface area (Å²) in [6.07, 6.45) is -1.51. The Hall–Kier alpha value is -1.48. The molecule has 0 aromatic heterocycles. The molecular formula is C9H7O3. The fourth-order valence-electron chi connectivity index (χ4n) is 0.854. The molecule has 0 bridgehead atoms. The van der Waals surface area contributed by atoms with Crippen LogP contribution < -0.4 is 0 Å². The van der Waals surface area contributed by atoms with Gasteiger partial charge < -0.3 is 0 Å². The second-order valence-electron chi connectivity index (χ2n) is 2.31. The molecule has 0 N–H and O–H groups in total. The molecule has 0 saturated heterocycles. The van der Waals surface area contributed by atoms with Gasteiger partial charge >= 0.3 is 0 Å². The topological polar surface area (TPSA) is 54.0 Å². The Kier molecular flexibility index (Phi) is 2.71. The van der Waals surface area contributed by atoms with Crippen molar-refractivity contribution in [3.05, 3.63) is 35.9 Å². The van der Waals surface area contributed by atoms with Crippen molar-refractivity contribution in [2.75, 3.05) is 0 Å². The standard InChI is InChI=1S/C9H7O3/c10-6-8(11)9(12)7-4-2-1-3-5-7/h1-6,9H. The van der Waals surface area contributed by atoms with Crippen LogP contribution in [0.2, 0.25) is 0 Å². The molecule has 3 heteroatoms. The Balaban J connectivity index is 2.85. The van der Waals surface area contributed by atoms with Crippen LogP contribution in [0.15, 0.2) is 30.3 Å². The summed E-state index contributed by atoms with van der Waals surface area (Å²) in [6, 6.07) is 8.09. The van der Waals surface area contributed by atoms with E-state index in [4.69, 9.17) is 0 Å². The molecule has 0 aliphatic rings. The van der Waals surface area contributed by atoms with Crippen LogP contribution in [0.25, 0.3) is 0 Å². The number of hydrogen-bond acceptors (Lipinski definition) is 2. The Morgan fingerprint density at radius 2 is 1.83 bits per heavy atom. The summed E-state index contributed by atoms with van der Waals surface area (Å²) in [7, 11) is 0. The van der Waals surface area contributed by atoms with Crippen LogP contribution >= 0.6 is 0 Å². The summed E-state index contributed by atoms with van der Waals surface area (Å²) < 4.78 is 0. The molecule has 1 aromatic carbocycles. The van der Waals surface area contributed by atoms with E-state index in [1.165, 1.54) is 12.1 Å². The molecule has 61 valence electrons. The minimum absolute atomic E-state index is 0.0602. The summed E-state index contributed by atoms with van der Waals surface area (Å²) in [5.74, 6) is -0.929. The Morgan fingerprint density at radius 3 is 2.33 bits per heavy atom. The van der Waals surface area contributed by atoms with Gasteiger partial charge in [-0.25, -0.2) is 5.11 Å². The monoisotopic (exact) mass is 163 g/mol. The van der Waals surface area contributed by atoms with Gasteiger partial charge in [0.05, 0.1) is 0 Å². The third-order valence-corrected chi connectivity index (χ3v) is 1.48. The number of benzene rings is 1. The van der Waals surface area contributed by atoms with Crippen LogP contribution in [0.5, 0.6) is 0 Å². The largest absolute Gasteiger partial charge is 0.294 e. The van der Waals surface area contributed by atoms with Crippen molar-refractivity contribution in [1.82, 2.24) is 0 Å². The molecule has 0 aliphatic carbocycles. The van der Waals surface area contributed by atoms with Gasteiger partial charge in [-0.2, -0.15) is 0 Å². The first kappa shape index (κ1) is 8.62. The SMILES string of the molecule is [O]C(C(=O)C=O)c1ccccc1. The predicted octanol–water partition coefficient (Wildman–Crippen LogP) is 0.926. The molecule has 1 atom stereocenters. The van der Waals surface area contributed by atoms with Crippen LogP contribution in [0.1, 0.15) is 11.7 Å². The van der Waals surface area contributed by atoms with Crippen molar-refractivity contribution in [3.8, 4) is 0 Å². The van der Waals surface area contributed by atoms with Crippen molar-refractivity contribution in [1.29, 1.82) is 0 Å². The van der Waals surface area contributed by atoms with Gasteiger partial charge in [-0.15, -0.1) is 0 Å². The van der Waals surface area contributed by atoms with E-state index in [1.54, 1.807) is 18.2 Å². The molecule has 1 radical (unpaired) electrons. The number of ketones is 1. The minimum Gasteiger partial charge on any atom is -0.294 e. The number of carbonyl (C=O) groups is 2. The molecular weight excluding hydrogens is 156 g/mol. The Bertz CT molecular complexity index is 279. The highest BCUT2D eigenvalue weighted by molar-refractivity contribution is 6.27. The first-order valence-electron chi connectivity index (χ1n) is 3.45. The molecule has 0 fully saturated rings. The molecule has 1 aromatic rings. The normalized spacial score (nSPS) is 12.1. The summed E-state index contributed by atoms with van der Waals surface area (Å²) in [4.78, 5) is 20.6. The molecule has 3 nitrogen and oxygen atoms in total. The molecule has 0 heterocycles. The van der Waals surface area contributed by atoms with E-state index in [0.717, 1.165) is 0 Å². The van der Waals surface area contributed by atoms with Crippen LogP contribution in [-0.2, 0) is 14.7 Å². The average molecular weight is 163 g/mol. The maximum atomic E-state index is 11.1. The molecule has 12 heavy (non-hydrogen) atoms. The van der Waals surface area contributed by atoms with Gasteiger partial charge in [-0.3, -0.25) is 9.59 Å². The van der Waals surface area contributed by atoms with Gasteiger partial charge in [0.25, 0.3) is 0 Å². The van der Waals surface area contributed by atoms with Gasteiger partial charge in [0.1, 0.15) is 0 Å². The minimum atomic E-state index is -1.57. The highest BCUT2D eigenvalue weighted by atomic mass is 16.3. The van der Waals surface area contributed by atoms with E-state index in [9.17, 15) is 14.7 Å². The van der Waals surface area contributed by atoms with Crippen molar-refractivity contribution >= 4 is 12.1 Å². The number of hydrogen-bond donors (Lipinski definition) is 0. The predicted molar refractivity (Wildman–Crippen MR) is 40.9 cm³/mol. The van der Waals surface area contributed by atoms with Gasteiger partial charge in [-0.05, 0) is 5.56 Å². The number of aldehydes is 1. The lowest BCUT2D eigenvalue weighted by molar-refractivity contribution is -0.138. The first-order valence-corrected chi connectivity index (χ1v) is 3.45. The van der Waals surface area contributed by atoms with Gasteiger partial charge in [0, 0.05) is 0 Å². The van der Waals surface area contributed by atoms with Crippen LogP contribution in [0, 0.1) is 0 Å². The smallest absolute Gasteiger partial charge is 0.231 e. The highest BCUT2D eigenvalue weighted by Crippen LogP contribution is 2.12. The fraction of sp³-hybridized carbons (Fsp3) is 0.111. The molecule has 1 unspecified atom stereocenters. The number of rotatable bonds is 3. The summed E-state index contributed by atoms with van der Waals surface area (Å²) in [5, 5.41) is 11.1. The van der Waals surface area contributed by atoms with Crippen molar-refractivity contribution < 1.29 is 14.7 Å². The van der Waals surface area contributed by atoms with Crippen molar-refractivity contribution in [3.63, 3.8) is 0 Å². The summed E-state index contributed by atoms with van der Waals surface area (Å²) in [5.41, 5.74) is 0.328. The van der Waals surface area contributed by atoms with Gasteiger partial charge in [0.15, 0.2) is 12.4 Å². The lowest BCUT2D eigenvalue weighted by Crippen LogP contribution is -2.11. The summed E-state index contributed by atoms with van der Waals surface area (Å²) >= 11 is 0. The van der Waals surface area contributed by atoms with E-state index < -0.39 is 11.9 Å². The third kappa shape index (κ3) is 1.77. The van der Waals surface area contributed by atoms with E-state index in [2.05, 4.69) is 0 Å². The Morgan fingerprint density at radius 1 is 1.25 bits per heavy atom. The van der Waals surface area contributed by atoms with Crippen molar-refractivity contribution in [2.45, 2.75) is 6.10 Å². The van der Waals surface area contributed by atoms with Crippen molar-refractivity contribution in [2.24, 2.45) is 0 Å². The van der Waals surface area contributed by atoms with E-state index in [1.807, 2.05) is 0 Å². The number of Topliss-reactive ketones (excluding diaryl/α,β-unsaturated/α-hetero) is 1. The molecule has 0 spiro atoms. The second kappa shape index (κ2) is 3.78. The molecule has 1 rings (SSSR count). The van der Waals surface area contributed by atoms with E-state index in [0.29, 0.717) is 5.56 Å². The van der Waals surface area contributed by atoms with Crippen LogP contribution in [0.3, 0.4) is 0 Å². The maximum absolute atomic E-state index is 11.1. The lowest BCUT2D eigenvalue weighted by Gasteiger charge is -2.01.